The van der Waals surface area contributed by atoms with E-state index in [2.05, 4.69) is 0 Å². The van der Waals surface area contributed by atoms with Crippen LogP contribution in [-0.4, -0.2) is 5.78 Å². The fourth-order valence-electron chi connectivity index (χ4n) is 1.33. The molecule has 0 saturated heterocycles. The van der Waals surface area contributed by atoms with Gasteiger partial charge in [-0.25, -0.2) is 4.39 Å². The van der Waals surface area contributed by atoms with E-state index in [1.165, 1.54) is 18.2 Å². The average molecular weight is 229 g/mol. The van der Waals surface area contributed by atoms with E-state index in [1.807, 2.05) is 13.8 Å². The smallest absolute Gasteiger partial charge is 0.167 e. The van der Waals surface area contributed by atoms with Gasteiger partial charge in [-0.2, -0.15) is 0 Å². The highest BCUT2D eigenvalue weighted by Crippen LogP contribution is 2.22. The Morgan fingerprint density at radius 2 is 2.20 bits per heavy atom. The van der Waals surface area contributed by atoms with Gasteiger partial charge in [0.2, 0.25) is 0 Å². The van der Waals surface area contributed by atoms with Crippen LogP contribution < -0.4 is 0 Å². The second-order valence-corrected chi connectivity index (χ2v) is 4.14. The minimum atomic E-state index is -0.532. The van der Waals surface area contributed by atoms with Gasteiger partial charge in [0.25, 0.3) is 0 Å². The average Bonchev–Trinajstić information content (AvgIpc) is 2.17. The number of carbonyl (C=O) groups is 1. The molecule has 0 saturated carbocycles. The summed E-state index contributed by atoms with van der Waals surface area (Å²) in [5.74, 6) is -0.489. The number of ketones is 1. The molecule has 3 heteroatoms. The summed E-state index contributed by atoms with van der Waals surface area (Å²) in [4.78, 5) is 11.7. The number of benzene rings is 1. The van der Waals surface area contributed by atoms with Gasteiger partial charge >= 0.3 is 0 Å². The lowest BCUT2D eigenvalue weighted by Crippen LogP contribution is -2.08. The van der Waals surface area contributed by atoms with Crippen LogP contribution in [0.4, 0.5) is 4.39 Å². The molecular weight excluding hydrogens is 215 g/mol. The minimum Gasteiger partial charge on any atom is -0.294 e. The molecule has 0 fully saturated rings. The number of Topliss-reactive ketones (excluding diaryl/α,β-unsaturated/α-hetero) is 1. The summed E-state index contributed by atoms with van der Waals surface area (Å²) in [6, 6.07) is 4.29. The zero-order valence-electron chi connectivity index (χ0n) is 8.89. The van der Waals surface area contributed by atoms with Gasteiger partial charge in [-0.15, -0.1) is 0 Å². The fourth-order valence-corrected chi connectivity index (χ4v) is 1.60. The van der Waals surface area contributed by atoms with Gasteiger partial charge in [-0.1, -0.05) is 37.9 Å². The maximum absolute atomic E-state index is 13.3. The van der Waals surface area contributed by atoms with Crippen molar-refractivity contribution in [2.24, 2.45) is 5.92 Å². The van der Waals surface area contributed by atoms with E-state index in [0.717, 1.165) is 6.42 Å². The topological polar surface area (TPSA) is 17.1 Å². The molecule has 0 aliphatic heterocycles. The van der Waals surface area contributed by atoms with Gasteiger partial charge in [0.1, 0.15) is 5.82 Å². The van der Waals surface area contributed by atoms with Crippen LogP contribution >= 0.6 is 11.6 Å². The molecule has 0 aliphatic rings. The lowest BCUT2D eigenvalue weighted by atomic mass is 9.97. The van der Waals surface area contributed by atoms with E-state index in [-0.39, 0.29) is 22.3 Å². The molecule has 1 rings (SSSR count). The predicted molar refractivity (Wildman–Crippen MR) is 59.8 cm³/mol. The van der Waals surface area contributed by atoms with E-state index in [9.17, 15) is 9.18 Å². The van der Waals surface area contributed by atoms with Crippen molar-refractivity contribution in [1.82, 2.24) is 0 Å². The molecule has 1 nitrogen and oxygen atoms in total. The van der Waals surface area contributed by atoms with Crippen LogP contribution in [0.1, 0.15) is 37.0 Å². The Morgan fingerprint density at radius 1 is 1.53 bits per heavy atom. The zero-order valence-corrected chi connectivity index (χ0v) is 9.64. The summed E-state index contributed by atoms with van der Waals surface area (Å²) >= 11 is 5.79. The highest BCUT2D eigenvalue weighted by Gasteiger charge is 2.17. The van der Waals surface area contributed by atoms with Crippen LogP contribution in [0.2, 0.25) is 5.02 Å². The molecule has 1 aromatic carbocycles. The summed E-state index contributed by atoms with van der Waals surface area (Å²) < 4.78 is 13.3. The molecule has 0 heterocycles. The summed E-state index contributed by atoms with van der Waals surface area (Å²) in [6.45, 7) is 3.97. The highest BCUT2D eigenvalue weighted by molar-refractivity contribution is 6.34. The third-order valence-electron chi connectivity index (χ3n) is 2.47. The third kappa shape index (κ3) is 3.03. The van der Waals surface area contributed by atoms with Crippen LogP contribution in [0.15, 0.2) is 18.2 Å². The van der Waals surface area contributed by atoms with Crippen molar-refractivity contribution in [3.8, 4) is 0 Å². The monoisotopic (exact) mass is 228 g/mol. The van der Waals surface area contributed by atoms with E-state index in [4.69, 9.17) is 11.6 Å². The van der Waals surface area contributed by atoms with Crippen molar-refractivity contribution < 1.29 is 9.18 Å². The van der Waals surface area contributed by atoms with E-state index in [1.54, 1.807) is 0 Å². The summed E-state index contributed by atoms with van der Waals surface area (Å²) in [7, 11) is 0. The molecule has 15 heavy (non-hydrogen) atoms. The first-order valence-corrected chi connectivity index (χ1v) is 5.41. The molecule has 0 N–H and O–H groups in total. The second kappa shape index (κ2) is 5.26. The molecule has 82 valence electrons. The van der Waals surface area contributed by atoms with E-state index in [0.29, 0.717) is 6.42 Å². The lowest BCUT2D eigenvalue weighted by molar-refractivity contribution is 0.0960. The maximum atomic E-state index is 13.3. The van der Waals surface area contributed by atoms with Gasteiger partial charge in [0.15, 0.2) is 5.78 Å². The standard InChI is InChI=1S/C12H14ClFO/c1-3-8(2)7-11(15)12-9(13)5-4-6-10(12)14/h4-6,8H,3,7H2,1-2H3. The van der Waals surface area contributed by atoms with Crippen molar-refractivity contribution >= 4 is 17.4 Å². The molecule has 1 unspecified atom stereocenters. The molecule has 1 aromatic rings. The number of hydrogen-bond donors (Lipinski definition) is 0. The summed E-state index contributed by atoms with van der Waals surface area (Å²) in [5, 5.41) is 0.198. The predicted octanol–water partition coefficient (Wildman–Crippen LogP) is 4.10. The van der Waals surface area contributed by atoms with Crippen LogP contribution in [0.3, 0.4) is 0 Å². The number of rotatable bonds is 4. The Kier molecular flexibility index (Phi) is 4.28. The van der Waals surface area contributed by atoms with Crippen molar-refractivity contribution in [1.29, 1.82) is 0 Å². The quantitative estimate of drug-likeness (QED) is 0.710. The van der Waals surface area contributed by atoms with E-state index < -0.39 is 5.82 Å². The molecule has 0 aromatic heterocycles. The Labute approximate surface area is 94.3 Å². The summed E-state index contributed by atoms with van der Waals surface area (Å²) in [6.07, 6.45) is 1.25. The lowest BCUT2D eigenvalue weighted by Gasteiger charge is -2.08. The van der Waals surface area contributed by atoms with Gasteiger partial charge in [0, 0.05) is 6.42 Å². The first-order valence-electron chi connectivity index (χ1n) is 5.03. The van der Waals surface area contributed by atoms with Gasteiger partial charge in [0.05, 0.1) is 10.6 Å². The van der Waals surface area contributed by atoms with Crippen LogP contribution in [0, 0.1) is 11.7 Å². The Morgan fingerprint density at radius 3 is 2.73 bits per heavy atom. The SMILES string of the molecule is CCC(C)CC(=O)c1c(F)cccc1Cl. The molecule has 0 spiro atoms. The van der Waals surface area contributed by atoms with Gasteiger partial charge < -0.3 is 0 Å². The number of halogens is 2. The first-order chi connectivity index (χ1) is 7.06. The molecule has 0 amide bonds. The van der Waals surface area contributed by atoms with Crippen LogP contribution in [-0.2, 0) is 0 Å². The normalized spacial score (nSPS) is 12.5. The number of hydrogen-bond acceptors (Lipinski definition) is 1. The van der Waals surface area contributed by atoms with Crippen LogP contribution in [0.5, 0.6) is 0 Å². The maximum Gasteiger partial charge on any atom is 0.167 e. The van der Waals surface area contributed by atoms with Gasteiger partial charge in [-0.05, 0) is 18.1 Å². The van der Waals surface area contributed by atoms with E-state index >= 15 is 0 Å². The minimum absolute atomic E-state index is 0.0273. The second-order valence-electron chi connectivity index (χ2n) is 3.74. The Bertz CT molecular complexity index is 342. The highest BCUT2D eigenvalue weighted by atomic mass is 35.5. The van der Waals surface area contributed by atoms with Gasteiger partial charge in [-0.3, -0.25) is 4.79 Å². The Balaban J connectivity index is 2.91. The number of carbonyl (C=O) groups excluding carboxylic acids is 1. The molecular formula is C12H14ClFO. The zero-order chi connectivity index (χ0) is 11.4. The summed E-state index contributed by atoms with van der Waals surface area (Å²) in [5.41, 5.74) is 0.0273. The molecule has 0 aliphatic carbocycles. The molecule has 0 radical (unpaired) electrons. The van der Waals surface area contributed by atoms with Crippen molar-refractivity contribution in [3.63, 3.8) is 0 Å². The van der Waals surface area contributed by atoms with Crippen molar-refractivity contribution in [2.75, 3.05) is 0 Å². The van der Waals surface area contributed by atoms with Crippen molar-refractivity contribution in [3.05, 3.63) is 34.6 Å². The molecule has 1 atom stereocenters. The first kappa shape index (κ1) is 12.2. The fraction of sp³-hybridized carbons (Fsp3) is 0.417. The van der Waals surface area contributed by atoms with Crippen LogP contribution in [0.25, 0.3) is 0 Å². The third-order valence-corrected chi connectivity index (χ3v) is 2.79. The molecule has 0 bridgehead atoms. The Hall–Kier alpha value is -0.890. The largest absolute Gasteiger partial charge is 0.294 e. The van der Waals surface area contributed by atoms with Crippen molar-refractivity contribution in [2.45, 2.75) is 26.7 Å².